The fraction of sp³-hybridized carbons (Fsp3) is 0.316. The van der Waals surface area contributed by atoms with Gasteiger partial charge in [0.2, 0.25) is 15.9 Å². The summed E-state index contributed by atoms with van der Waals surface area (Å²) in [6.45, 7) is 5.15. The summed E-state index contributed by atoms with van der Waals surface area (Å²) < 4.78 is 53.8. The minimum absolute atomic E-state index is 0.00778. The van der Waals surface area contributed by atoms with E-state index in [9.17, 15) is 22.0 Å². The molecule has 0 spiro atoms. The summed E-state index contributed by atoms with van der Waals surface area (Å²) in [5.74, 6) is -2.36. The summed E-state index contributed by atoms with van der Waals surface area (Å²) in [6.07, 6.45) is 0.185. The predicted octanol–water partition coefficient (Wildman–Crippen LogP) is 3.61. The van der Waals surface area contributed by atoms with Crippen molar-refractivity contribution in [2.45, 2.75) is 44.0 Å². The minimum Gasteiger partial charge on any atom is -0.325 e. The molecule has 2 aromatic carbocycles. The molecule has 0 aliphatic carbocycles. The number of sulfonamides is 1. The Morgan fingerprint density at radius 1 is 1.04 bits per heavy atom. The first-order chi connectivity index (χ1) is 12.5. The molecule has 2 aromatic rings. The number of carbonyl (C=O) groups is 1. The number of carbonyl (C=O) groups excluding carboxylic acids is 1. The van der Waals surface area contributed by atoms with Gasteiger partial charge >= 0.3 is 0 Å². The SMILES string of the molecule is CC(C)(C)NS(=O)(=O)c1ccccc1NC(=O)CCc1ccc(F)c(F)c1. The maximum Gasteiger partial charge on any atom is 0.243 e. The third-order valence-electron chi connectivity index (χ3n) is 3.52. The van der Waals surface area contributed by atoms with E-state index in [2.05, 4.69) is 10.0 Å². The van der Waals surface area contributed by atoms with Crippen LogP contribution in [0.25, 0.3) is 0 Å². The molecule has 0 saturated carbocycles. The van der Waals surface area contributed by atoms with Crippen LogP contribution in [-0.2, 0) is 21.2 Å². The highest BCUT2D eigenvalue weighted by Gasteiger charge is 2.24. The third-order valence-corrected chi connectivity index (χ3v) is 5.33. The molecule has 0 aliphatic heterocycles. The van der Waals surface area contributed by atoms with Crippen molar-refractivity contribution in [3.63, 3.8) is 0 Å². The van der Waals surface area contributed by atoms with Gasteiger partial charge in [0.25, 0.3) is 0 Å². The van der Waals surface area contributed by atoms with Crippen LogP contribution in [0, 0.1) is 11.6 Å². The largest absolute Gasteiger partial charge is 0.325 e. The molecule has 0 aromatic heterocycles. The first-order valence-corrected chi connectivity index (χ1v) is 9.83. The molecule has 0 aliphatic rings. The quantitative estimate of drug-likeness (QED) is 0.783. The summed E-state index contributed by atoms with van der Waals surface area (Å²) in [5, 5.41) is 2.57. The summed E-state index contributed by atoms with van der Waals surface area (Å²) in [4.78, 5) is 12.2. The second kappa shape index (κ2) is 8.14. The lowest BCUT2D eigenvalue weighted by Gasteiger charge is -2.21. The van der Waals surface area contributed by atoms with Crippen molar-refractivity contribution in [1.29, 1.82) is 0 Å². The van der Waals surface area contributed by atoms with Gasteiger partial charge in [-0.05, 0) is 57.0 Å². The number of rotatable bonds is 6. The topological polar surface area (TPSA) is 75.3 Å². The fourth-order valence-corrected chi connectivity index (χ4v) is 4.01. The van der Waals surface area contributed by atoms with Crippen LogP contribution in [-0.4, -0.2) is 19.9 Å². The van der Waals surface area contributed by atoms with Crippen LogP contribution in [0.4, 0.5) is 14.5 Å². The lowest BCUT2D eigenvalue weighted by atomic mass is 10.1. The molecule has 8 heteroatoms. The van der Waals surface area contributed by atoms with Gasteiger partial charge in [-0.1, -0.05) is 18.2 Å². The minimum atomic E-state index is -3.83. The molecule has 0 saturated heterocycles. The molecule has 0 heterocycles. The summed E-state index contributed by atoms with van der Waals surface area (Å²) in [7, 11) is -3.83. The molecule has 146 valence electrons. The Kier molecular flexibility index (Phi) is 6.33. The number of amides is 1. The Bertz CT molecular complexity index is 938. The van der Waals surface area contributed by atoms with E-state index in [0.29, 0.717) is 5.56 Å². The van der Waals surface area contributed by atoms with Gasteiger partial charge in [0.05, 0.1) is 5.69 Å². The van der Waals surface area contributed by atoms with Gasteiger partial charge in [-0.3, -0.25) is 4.79 Å². The highest BCUT2D eigenvalue weighted by molar-refractivity contribution is 7.89. The van der Waals surface area contributed by atoms with E-state index in [1.165, 1.54) is 18.2 Å². The van der Waals surface area contributed by atoms with E-state index in [4.69, 9.17) is 0 Å². The highest BCUT2D eigenvalue weighted by Crippen LogP contribution is 2.22. The molecule has 0 atom stereocenters. The molecular formula is C19H22F2N2O3S. The van der Waals surface area contributed by atoms with Crippen LogP contribution in [0.3, 0.4) is 0 Å². The van der Waals surface area contributed by atoms with Crippen molar-refractivity contribution in [1.82, 2.24) is 4.72 Å². The second-order valence-corrected chi connectivity index (χ2v) is 8.80. The molecule has 1 amide bonds. The van der Waals surface area contributed by atoms with Gasteiger partial charge in [0.1, 0.15) is 4.90 Å². The number of halogens is 2. The van der Waals surface area contributed by atoms with Crippen LogP contribution in [0.2, 0.25) is 0 Å². The monoisotopic (exact) mass is 396 g/mol. The Morgan fingerprint density at radius 2 is 1.70 bits per heavy atom. The van der Waals surface area contributed by atoms with Crippen molar-refractivity contribution in [3.05, 3.63) is 59.7 Å². The molecule has 2 rings (SSSR count). The summed E-state index contributed by atoms with van der Waals surface area (Å²) in [5.41, 5.74) is -0.0494. The van der Waals surface area contributed by atoms with Crippen molar-refractivity contribution in [3.8, 4) is 0 Å². The molecule has 27 heavy (non-hydrogen) atoms. The van der Waals surface area contributed by atoms with Crippen LogP contribution >= 0.6 is 0 Å². The molecular weight excluding hydrogens is 374 g/mol. The summed E-state index contributed by atoms with van der Waals surface area (Å²) >= 11 is 0. The molecule has 0 unspecified atom stereocenters. The van der Waals surface area contributed by atoms with Crippen LogP contribution < -0.4 is 10.0 Å². The van der Waals surface area contributed by atoms with Crippen molar-refractivity contribution < 1.29 is 22.0 Å². The molecule has 5 nitrogen and oxygen atoms in total. The fourth-order valence-electron chi connectivity index (χ4n) is 2.43. The number of nitrogens with one attached hydrogen (secondary N) is 2. The Labute approximate surface area is 157 Å². The van der Waals surface area contributed by atoms with Gasteiger partial charge in [-0.2, -0.15) is 0 Å². The zero-order valence-corrected chi connectivity index (χ0v) is 16.2. The van der Waals surface area contributed by atoms with Gasteiger partial charge in [0.15, 0.2) is 11.6 Å². The average Bonchev–Trinajstić information content (AvgIpc) is 2.54. The molecule has 0 bridgehead atoms. The lowest BCUT2D eigenvalue weighted by molar-refractivity contribution is -0.116. The van der Waals surface area contributed by atoms with E-state index >= 15 is 0 Å². The van der Waals surface area contributed by atoms with Crippen molar-refractivity contribution in [2.24, 2.45) is 0 Å². The van der Waals surface area contributed by atoms with Crippen LogP contribution in [0.5, 0.6) is 0 Å². The Balaban J connectivity index is 2.11. The van der Waals surface area contributed by atoms with E-state index in [1.807, 2.05) is 0 Å². The van der Waals surface area contributed by atoms with E-state index in [1.54, 1.807) is 32.9 Å². The number of hydrogen-bond acceptors (Lipinski definition) is 3. The number of para-hydroxylation sites is 1. The molecule has 0 radical (unpaired) electrons. The van der Waals surface area contributed by atoms with Crippen LogP contribution in [0.1, 0.15) is 32.8 Å². The zero-order chi connectivity index (χ0) is 20.2. The first-order valence-electron chi connectivity index (χ1n) is 8.35. The number of benzene rings is 2. The van der Waals surface area contributed by atoms with Crippen LogP contribution in [0.15, 0.2) is 47.4 Å². The summed E-state index contributed by atoms with van der Waals surface area (Å²) in [6, 6.07) is 9.51. The van der Waals surface area contributed by atoms with E-state index < -0.39 is 33.1 Å². The second-order valence-electron chi connectivity index (χ2n) is 7.15. The van der Waals surface area contributed by atoms with E-state index in [0.717, 1.165) is 12.1 Å². The zero-order valence-electron chi connectivity index (χ0n) is 15.3. The van der Waals surface area contributed by atoms with Gasteiger partial charge in [-0.15, -0.1) is 0 Å². The predicted molar refractivity (Wildman–Crippen MR) is 99.8 cm³/mol. The lowest BCUT2D eigenvalue weighted by Crippen LogP contribution is -2.40. The maximum absolute atomic E-state index is 13.2. The van der Waals surface area contributed by atoms with E-state index in [-0.39, 0.29) is 23.4 Å². The highest BCUT2D eigenvalue weighted by atomic mass is 32.2. The molecule has 0 fully saturated rings. The average molecular weight is 396 g/mol. The van der Waals surface area contributed by atoms with Crippen molar-refractivity contribution in [2.75, 3.05) is 5.32 Å². The third kappa shape index (κ3) is 6.11. The Morgan fingerprint density at radius 3 is 2.33 bits per heavy atom. The maximum atomic E-state index is 13.2. The number of hydrogen-bond donors (Lipinski definition) is 2. The number of anilines is 1. The van der Waals surface area contributed by atoms with Crippen molar-refractivity contribution >= 4 is 21.6 Å². The first kappa shape index (κ1) is 21.0. The molecule has 2 N–H and O–H groups in total. The van der Waals surface area contributed by atoms with Gasteiger partial charge in [0, 0.05) is 12.0 Å². The Hall–Kier alpha value is -2.32. The smallest absolute Gasteiger partial charge is 0.243 e. The standard InChI is InChI=1S/C19H22F2N2O3S/c1-19(2,3)23-27(25,26)17-7-5-4-6-16(17)22-18(24)11-9-13-8-10-14(20)15(21)12-13/h4-8,10,12,23H,9,11H2,1-3H3,(H,22,24). The van der Waals surface area contributed by atoms with Gasteiger partial charge in [-0.25, -0.2) is 21.9 Å². The number of aryl methyl sites for hydroxylation is 1. The normalized spacial score (nSPS) is 12.0. The van der Waals surface area contributed by atoms with Gasteiger partial charge < -0.3 is 5.32 Å².